The molecule has 2 aliphatic rings. The topological polar surface area (TPSA) is 38.7 Å². The maximum atomic E-state index is 9.36. The smallest absolute Gasteiger partial charge is 0.164 e. The van der Waals surface area contributed by atoms with Gasteiger partial charge in [0.2, 0.25) is 0 Å². The van der Waals surface area contributed by atoms with E-state index in [2.05, 4.69) is 91.0 Å². The van der Waals surface area contributed by atoms with Crippen molar-refractivity contribution in [1.29, 1.82) is 0 Å². The molecular weight excluding hydrogens is 655 g/mol. The van der Waals surface area contributed by atoms with Crippen molar-refractivity contribution in [2.24, 2.45) is 0 Å². The van der Waals surface area contributed by atoms with Crippen molar-refractivity contribution >= 4 is 0 Å². The summed E-state index contributed by atoms with van der Waals surface area (Å²) in [4.78, 5) is 14.6. The predicted octanol–water partition coefficient (Wildman–Crippen LogP) is 13.1. The minimum atomic E-state index is -1.75. The van der Waals surface area contributed by atoms with Gasteiger partial charge in [-0.2, -0.15) is 0 Å². The molecule has 1 spiro atoms. The van der Waals surface area contributed by atoms with Gasteiger partial charge >= 0.3 is 0 Å². The number of nitrogens with zero attached hydrogens (tertiary/aromatic N) is 3. The molecule has 1 heterocycles. The summed E-state index contributed by atoms with van der Waals surface area (Å²) in [6.45, 7) is 0. The van der Waals surface area contributed by atoms with Crippen molar-refractivity contribution in [3.8, 4) is 78.7 Å². The molecule has 0 saturated heterocycles. The number of benzene rings is 7. The highest BCUT2D eigenvalue weighted by Crippen LogP contribution is 2.56. The van der Waals surface area contributed by atoms with Gasteiger partial charge in [0.05, 0.1) is 0 Å². The minimum Gasteiger partial charge on any atom is -0.208 e. The molecule has 3 nitrogen and oxygen atoms in total. The van der Waals surface area contributed by atoms with Crippen LogP contribution < -0.4 is 0 Å². The third-order valence-electron chi connectivity index (χ3n) is 10.7. The van der Waals surface area contributed by atoms with E-state index in [1.165, 1.54) is 0 Å². The molecule has 1 aromatic heterocycles. The molecule has 1 saturated carbocycles. The third-order valence-corrected chi connectivity index (χ3v) is 10.7. The van der Waals surface area contributed by atoms with Crippen molar-refractivity contribution in [1.82, 2.24) is 15.0 Å². The van der Waals surface area contributed by atoms with Gasteiger partial charge in [0.1, 0.15) is 0 Å². The first kappa shape index (κ1) is 28.1. The molecule has 0 bridgehead atoms. The van der Waals surface area contributed by atoms with Gasteiger partial charge in [0.25, 0.3) is 0 Å². The summed E-state index contributed by atoms with van der Waals surface area (Å²) >= 11 is 0. The highest BCUT2D eigenvalue weighted by atomic mass is 15.0. The summed E-state index contributed by atoms with van der Waals surface area (Å²) in [5.41, 5.74) is 11.0. The van der Waals surface area contributed by atoms with Gasteiger partial charge in [-0.15, -0.1) is 0 Å². The second-order valence-corrected chi connectivity index (χ2v) is 14.0. The maximum absolute atomic E-state index is 9.36. The van der Waals surface area contributed by atoms with E-state index in [1.807, 2.05) is 84.9 Å². The van der Waals surface area contributed by atoms with Gasteiger partial charge in [-0.05, 0) is 86.6 Å². The molecule has 0 amide bonds. The molecule has 0 radical (unpaired) electrons. The molecule has 8 aromatic rings. The number of rotatable bonds is 6. The summed E-state index contributed by atoms with van der Waals surface area (Å²) in [7, 11) is 0. The van der Waals surface area contributed by atoms with Gasteiger partial charge in [-0.3, -0.25) is 0 Å². The Bertz CT molecular complexity index is 2750. The Kier molecular flexibility index (Phi) is 7.03. The Morgan fingerprint density at radius 3 is 1.31 bits per heavy atom. The van der Waals surface area contributed by atoms with Gasteiger partial charge < -0.3 is 0 Å². The fraction of sp³-hybridized carbons (Fsp3) is 0.118. The van der Waals surface area contributed by atoms with E-state index >= 15 is 0 Å². The van der Waals surface area contributed by atoms with Crippen LogP contribution in [0.15, 0.2) is 176 Å². The number of hydrogen-bond acceptors (Lipinski definition) is 3. The van der Waals surface area contributed by atoms with Gasteiger partial charge in [0, 0.05) is 27.6 Å². The third kappa shape index (κ3) is 5.74. The first-order valence-electron chi connectivity index (χ1n) is 20.6. The second kappa shape index (κ2) is 13.5. The number of hydrogen-bond donors (Lipinski definition) is 0. The monoisotopic (exact) mass is 697 g/mol. The Labute approximate surface area is 322 Å². The van der Waals surface area contributed by atoms with E-state index in [-0.39, 0.29) is 0 Å². The molecular formula is C51H39N3. The maximum Gasteiger partial charge on any atom is 0.164 e. The summed E-state index contributed by atoms with van der Waals surface area (Å²) in [5, 5.41) is 0. The second-order valence-electron chi connectivity index (χ2n) is 14.0. The lowest BCUT2D eigenvalue weighted by molar-refractivity contribution is 0.353. The molecule has 10 rings (SSSR count). The largest absolute Gasteiger partial charge is 0.208 e. The normalized spacial score (nSPS) is 17.0. The van der Waals surface area contributed by atoms with Gasteiger partial charge in [0.15, 0.2) is 17.5 Å². The zero-order valence-electron chi connectivity index (χ0n) is 33.7. The van der Waals surface area contributed by atoms with Crippen molar-refractivity contribution in [3.63, 3.8) is 0 Å². The SMILES string of the molecule is [2H]C1([2H])CCCC([2H])([2H])C12c1ccccc1-c1ccc(-c3cccc(-c4cccc(-c5ccc(-c6nc(-c7ccccc7)nc(-c7ccccc7)n6)cc5)c4)c3)cc12. The average molecular weight is 698 g/mol. The fourth-order valence-electron chi connectivity index (χ4n) is 8.05. The van der Waals surface area contributed by atoms with E-state index in [9.17, 15) is 5.48 Å². The molecule has 0 unspecified atom stereocenters. The molecule has 0 atom stereocenters. The number of aromatic nitrogens is 3. The fourth-order valence-corrected chi connectivity index (χ4v) is 8.05. The van der Waals surface area contributed by atoms with E-state index in [1.54, 1.807) is 0 Å². The molecule has 7 aromatic carbocycles. The minimum absolute atomic E-state index is 0.320. The van der Waals surface area contributed by atoms with Gasteiger partial charge in [-0.1, -0.05) is 177 Å². The van der Waals surface area contributed by atoms with Crippen molar-refractivity contribution in [2.45, 2.75) is 37.4 Å². The average Bonchev–Trinajstić information content (AvgIpc) is 3.58. The summed E-state index contributed by atoms with van der Waals surface area (Å²) in [6.07, 6.45) is -2.34. The van der Waals surface area contributed by atoms with Crippen LogP contribution >= 0.6 is 0 Å². The quantitative estimate of drug-likeness (QED) is 0.174. The Hall–Kier alpha value is -6.45. The molecule has 258 valence electrons. The van der Waals surface area contributed by atoms with Crippen LogP contribution in [0.1, 0.15) is 48.6 Å². The van der Waals surface area contributed by atoms with Crippen molar-refractivity contribution < 1.29 is 5.48 Å². The predicted molar refractivity (Wildman–Crippen MR) is 222 cm³/mol. The van der Waals surface area contributed by atoms with Crippen LogP contribution in [0.25, 0.3) is 78.7 Å². The molecule has 2 aliphatic carbocycles. The van der Waals surface area contributed by atoms with Gasteiger partial charge in [-0.25, -0.2) is 15.0 Å². The summed E-state index contributed by atoms with van der Waals surface area (Å²) in [5.74, 6) is 1.87. The molecule has 0 aliphatic heterocycles. The molecule has 54 heavy (non-hydrogen) atoms. The van der Waals surface area contributed by atoms with E-state index in [0.29, 0.717) is 36.7 Å². The number of fused-ring (bicyclic) bond motifs is 5. The zero-order chi connectivity index (χ0) is 39.5. The van der Waals surface area contributed by atoms with E-state index < -0.39 is 18.2 Å². The highest BCUT2D eigenvalue weighted by Gasteiger charge is 2.43. The first-order valence-corrected chi connectivity index (χ1v) is 18.6. The lowest BCUT2D eigenvalue weighted by Crippen LogP contribution is -2.28. The van der Waals surface area contributed by atoms with Crippen molar-refractivity contribution in [3.05, 3.63) is 187 Å². The standard InChI is InChI=1S/C51H39N3/c1-4-14-36(15-5-1)48-52-49(37-16-6-2-7-17-37)54-50(53-48)38-26-24-35(25-27-38)39-18-12-19-40(32-39)41-20-13-21-42(33-41)43-28-29-45-44-22-8-9-23-46(44)51(47(45)34-43)30-10-3-11-31-51/h1-2,4-9,12-29,32-34H,3,10-11,30-31H2/i30D2,31D2. The Morgan fingerprint density at radius 1 is 0.333 bits per heavy atom. The van der Waals surface area contributed by atoms with E-state index in [4.69, 9.17) is 15.0 Å². The van der Waals surface area contributed by atoms with Crippen LogP contribution in [-0.4, -0.2) is 15.0 Å². The lowest BCUT2D eigenvalue weighted by atomic mass is 9.67. The summed E-state index contributed by atoms with van der Waals surface area (Å²) < 4.78 is 37.4. The molecule has 3 heteroatoms. The summed E-state index contributed by atoms with van der Waals surface area (Å²) in [6, 6.07) is 59.4. The van der Waals surface area contributed by atoms with Crippen LogP contribution in [0.5, 0.6) is 0 Å². The molecule has 0 N–H and O–H groups in total. The zero-order valence-corrected chi connectivity index (χ0v) is 29.7. The van der Waals surface area contributed by atoms with Crippen LogP contribution in [0.4, 0.5) is 0 Å². The first-order chi connectivity index (χ1) is 28.2. The van der Waals surface area contributed by atoms with Crippen molar-refractivity contribution in [2.75, 3.05) is 0 Å². The molecule has 1 fully saturated rings. The lowest BCUT2D eigenvalue weighted by Gasteiger charge is -2.36. The van der Waals surface area contributed by atoms with Crippen LogP contribution in [0, 0.1) is 0 Å². The van der Waals surface area contributed by atoms with Crippen LogP contribution in [0.3, 0.4) is 0 Å². The van der Waals surface area contributed by atoms with Crippen LogP contribution in [0.2, 0.25) is 0 Å². The Morgan fingerprint density at radius 2 is 0.741 bits per heavy atom. The van der Waals surface area contributed by atoms with E-state index in [0.717, 1.165) is 72.3 Å². The van der Waals surface area contributed by atoms with Crippen LogP contribution in [-0.2, 0) is 5.41 Å². The highest BCUT2D eigenvalue weighted by molar-refractivity contribution is 5.85. The Balaban J connectivity index is 0.982.